The number of hydrogen-bond acceptors (Lipinski definition) is 6. The number of benzene rings is 1. The zero-order valence-corrected chi connectivity index (χ0v) is 20.4. The highest BCUT2D eigenvalue weighted by Gasteiger charge is 2.63. The first kappa shape index (κ1) is 29.5. The number of carbonyl (C=O) groups excluding carboxylic acids is 2. The SMILES string of the molecule is O=C(OC(C(F)(F)F)C(F)(F)S(=O)(=O)[O-])C1CCCCC1.O=C1CCC[S+]1CCc1ccccc1. The molecule has 2 atom stereocenters. The molecule has 35 heavy (non-hydrogen) atoms. The molecular weight excluding hydrogens is 519 g/mol. The first-order valence-electron chi connectivity index (χ1n) is 11.1. The first-order chi connectivity index (χ1) is 16.2. The summed E-state index contributed by atoms with van der Waals surface area (Å²) >= 11 is 0. The molecule has 0 N–H and O–H groups in total. The molecule has 1 saturated carbocycles. The van der Waals surface area contributed by atoms with E-state index in [1.54, 1.807) is 0 Å². The summed E-state index contributed by atoms with van der Waals surface area (Å²) in [5.41, 5.74) is 1.36. The standard InChI is InChI=1S/C12H15OS.C10H13F5O5S/c13-12-7-4-9-14(12)10-8-11-5-2-1-3-6-11;11-9(12,13)8(10(14,15)21(17,18)19)20-7(16)6-4-2-1-3-5-6/h1-3,5-6H,4,7-10H2;6,8H,1-5H2,(H,17,18,19)/q+1;/p-1. The highest BCUT2D eigenvalue weighted by Crippen LogP contribution is 2.39. The van der Waals surface area contributed by atoms with Gasteiger partial charge < -0.3 is 9.29 Å². The molecule has 6 nitrogen and oxygen atoms in total. The van der Waals surface area contributed by atoms with Gasteiger partial charge in [-0.1, -0.05) is 49.6 Å². The van der Waals surface area contributed by atoms with E-state index < -0.39 is 39.5 Å². The van der Waals surface area contributed by atoms with Gasteiger partial charge in [-0.2, -0.15) is 22.0 Å². The maximum atomic E-state index is 13.1. The summed E-state index contributed by atoms with van der Waals surface area (Å²) in [6, 6.07) is 10.4. The van der Waals surface area contributed by atoms with Gasteiger partial charge in [-0.05, 0) is 18.4 Å². The quantitative estimate of drug-likeness (QED) is 0.218. The van der Waals surface area contributed by atoms with Crippen LogP contribution in [-0.4, -0.2) is 53.1 Å². The molecule has 0 radical (unpaired) electrons. The van der Waals surface area contributed by atoms with E-state index in [1.807, 2.05) is 6.07 Å². The van der Waals surface area contributed by atoms with Crippen molar-refractivity contribution in [1.82, 2.24) is 0 Å². The molecule has 1 aliphatic heterocycles. The minimum atomic E-state index is -6.64. The van der Waals surface area contributed by atoms with Crippen LogP contribution in [0.5, 0.6) is 0 Å². The molecule has 3 rings (SSSR count). The number of rotatable bonds is 7. The Balaban J connectivity index is 0.000000266. The van der Waals surface area contributed by atoms with E-state index in [0.717, 1.165) is 37.2 Å². The highest BCUT2D eigenvalue weighted by molar-refractivity contribution is 8.11. The molecule has 13 heteroatoms. The van der Waals surface area contributed by atoms with Crippen molar-refractivity contribution >= 4 is 32.1 Å². The molecule has 2 fully saturated rings. The van der Waals surface area contributed by atoms with Crippen molar-refractivity contribution in [2.45, 2.75) is 68.9 Å². The third-order valence-electron chi connectivity index (χ3n) is 5.68. The van der Waals surface area contributed by atoms with E-state index in [9.17, 15) is 44.5 Å². The van der Waals surface area contributed by atoms with Gasteiger partial charge in [0, 0.05) is 12.8 Å². The predicted molar refractivity (Wildman–Crippen MR) is 119 cm³/mol. The second kappa shape index (κ2) is 12.5. The minimum Gasteiger partial charge on any atom is -0.743 e. The van der Waals surface area contributed by atoms with E-state index in [2.05, 4.69) is 29.0 Å². The summed E-state index contributed by atoms with van der Waals surface area (Å²) in [5.74, 6) is -0.358. The van der Waals surface area contributed by atoms with E-state index in [4.69, 9.17) is 0 Å². The van der Waals surface area contributed by atoms with E-state index in [-0.39, 0.29) is 23.7 Å². The number of halogens is 5. The lowest BCUT2D eigenvalue weighted by atomic mass is 9.89. The van der Waals surface area contributed by atoms with Crippen LogP contribution in [0.2, 0.25) is 0 Å². The lowest BCUT2D eigenvalue weighted by molar-refractivity contribution is -0.261. The number of hydrogen-bond donors (Lipinski definition) is 0. The first-order valence-corrected chi connectivity index (χ1v) is 14.1. The van der Waals surface area contributed by atoms with E-state index in [0.29, 0.717) is 18.0 Å². The zero-order chi connectivity index (χ0) is 26.3. The van der Waals surface area contributed by atoms with Gasteiger partial charge >= 0.3 is 22.5 Å². The van der Waals surface area contributed by atoms with Crippen molar-refractivity contribution in [2.75, 3.05) is 11.5 Å². The van der Waals surface area contributed by atoms with Crippen LogP contribution in [0.15, 0.2) is 30.3 Å². The Morgan fingerprint density at radius 3 is 2.14 bits per heavy atom. The van der Waals surface area contributed by atoms with E-state index in [1.165, 1.54) is 5.56 Å². The summed E-state index contributed by atoms with van der Waals surface area (Å²) in [6.07, 6.45) is -5.05. The largest absolute Gasteiger partial charge is 0.743 e. The number of carbonyl (C=O) groups is 2. The van der Waals surface area contributed by atoms with Crippen molar-refractivity contribution in [1.29, 1.82) is 0 Å². The molecule has 2 unspecified atom stereocenters. The second-order valence-electron chi connectivity index (χ2n) is 8.32. The van der Waals surface area contributed by atoms with Gasteiger partial charge in [-0.25, -0.2) is 13.2 Å². The molecule has 1 saturated heterocycles. The Labute approximate surface area is 203 Å². The fourth-order valence-corrected chi connectivity index (χ4v) is 6.27. The number of esters is 1. The van der Waals surface area contributed by atoms with Crippen LogP contribution >= 0.6 is 0 Å². The molecular formula is C22H27F5O6S2. The molecule has 0 aromatic heterocycles. The third-order valence-corrected chi connectivity index (χ3v) is 8.89. The number of ether oxygens (including phenoxy) is 1. The molecule has 1 heterocycles. The second-order valence-corrected chi connectivity index (χ2v) is 12.0. The fraction of sp³-hybridized carbons (Fsp3) is 0.636. The summed E-state index contributed by atoms with van der Waals surface area (Å²) in [5, 5.41) is -5.27. The van der Waals surface area contributed by atoms with Gasteiger partial charge in [0.15, 0.2) is 10.1 Å². The molecule has 198 valence electrons. The Bertz CT molecular complexity index is 947. The lowest BCUT2D eigenvalue weighted by Crippen LogP contribution is -2.52. The minimum absolute atomic E-state index is 0.0886. The molecule has 0 amide bonds. The summed E-state index contributed by atoms with van der Waals surface area (Å²) in [4.78, 5) is 22.9. The van der Waals surface area contributed by atoms with Crippen LogP contribution in [0, 0.1) is 5.92 Å². The number of alkyl halides is 5. The monoisotopic (exact) mass is 546 g/mol. The van der Waals surface area contributed by atoms with Crippen LogP contribution in [0.25, 0.3) is 0 Å². The van der Waals surface area contributed by atoms with E-state index >= 15 is 0 Å². The Hall–Kier alpha value is -1.73. The van der Waals surface area contributed by atoms with Crippen molar-refractivity contribution < 1.29 is 49.2 Å². The van der Waals surface area contributed by atoms with Crippen LogP contribution in [0.3, 0.4) is 0 Å². The topological polar surface area (TPSA) is 101 Å². The van der Waals surface area contributed by atoms with Crippen molar-refractivity contribution in [2.24, 2.45) is 5.92 Å². The van der Waals surface area contributed by atoms with Gasteiger partial charge in [0.2, 0.25) is 0 Å². The van der Waals surface area contributed by atoms with Crippen LogP contribution in [0.1, 0.15) is 50.5 Å². The molecule has 0 spiro atoms. The normalized spacial score (nSPS) is 20.6. The zero-order valence-electron chi connectivity index (χ0n) is 18.8. The smallest absolute Gasteiger partial charge is 0.432 e. The maximum Gasteiger partial charge on any atom is 0.432 e. The Morgan fingerprint density at radius 1 is 1.06 bits per heavy atom. The molecule has 1 aliphatic carbocycles. The molecule has 1 aromatic rings. The summed E-state index contributed by atoms with van der Waals surface area (Å²) in [7, 11) is -6.55. The summed E-state index contributed by atoms with van der Waals surface area (Å²) < 4.78 is 98.3. The number of aryl methyl sites for hydroxylation is 1. The van der Waals surface area contributed by atoms with Gasteiger partial charge in [0.25, 0.3) is 6.10 Å². The van der Waals surface area contributed by atoms with Crippen molar-refractivity contribution in [3.05, 3.63) is 35.9 Å². The molecule has 2 aliphatic rings. The Morgan fingerprint density at radius 2 is 1.66 bits per heavy atom. The van der Waals surface area contributed by atoms with Crippen LogP contribution in [0.4, 0.5) is 22.0 Å². The van der Waals surface area contributed by atoms with Gasteiger partial charge in [0.1, 0.15) is 11.5 Å². The van der Waals surface area contributed by atoms with Crippen LogP contribution in [-0.2, 0) is 41.8 Å². The van der Waals surface area contributed by atoms with Crippen LogP contribution < -0.4 is 0 Å². The van der Waals surface area contributed by atoms with Gasteiger partial charge in [-0.3, -0.25) is 4.79 Å². The van der Waals surface area contributed by atoms with Crippen molar-refractivity contribution in [3.63, 3.8) is 0 Å². The highest BCUT2D eigenvalue weighted by atomic mass is 32.2. The third kappa shape index (κ3) is 8.71. The predicted octanol–water partition coefficient (Wildman–Crippen LogP) is 4.35. The van der Waals surface area contributed by atoms with Gasteiger partial charge in [-0.15, -0.1) is 0 Å². The Kier molecular flexibility index (Phi) is 10.5. The fourth-order valence-electron chi connectivity index (χ4n) is 3.76. The summed E-state index contributed by atoms with van der Waals surface area (Å²) in [6.45, 7) is 0. The average Bonchev–Trinajstić information content (AvgIpc) is 3.20. The average molecular weight is 547 g/mol. The van der Waals surface area contributed by atoms with Crippen molar-refractivity contribution in [3.8, 4) is 0 Å². The molecule has 1 aromatic carbocycles. The molecule has 0 bridgehead atoms. The lowest BCUT2D eigenvalue weighted by Gasteiger charge is -2.31. The maximum absolute atomic E-state index is 13.1. The van der Waals surface area contributed by atoms with Gasteiger partial charge in [0.05, 0.1) is 23.2 Å².